The zero-order valence-corrected chi connectivity index (χ0v) is 19.3. The topological polar surface area (TPSA) is 12.9 Å². The average molecular weight is 450 g/mol. The molecule has 1 aromatic heterocycles. The molecule has 0 radical (unpaired) electrons. The second-order valence-electron chi connectivity index (χ2n) is 8.15. The van der Waals surface area contributed by atoms with Crippen LogP contribution in [0.25, 0.3) is 0 Å². The van der Waals surface area contributed by atoms with Crippen LogP contribution < -0.4 is 15.9 Å². The molecule has 0 bridgehead atoms. The van der Waals surface area contributed by atoms with Gasteiger partial charge in [0.05, 0.1) is 0 Å². The second-order valence-corrected chi connectivity index (χ2v) is 15.5. The van der Waals surface area contributed by atoms with E-state index >= 15 is 0 Å². The quantitative estimate of drug-likeness (QED) is 0.302. The van der Waals surface area contributed by atoms with Crippen molar-refractivity contribution in [1.29, 1.82) is 0 Å². The number of hydrogen-bond acceptors (Lipinski definition) is 2. The van der Waals surface area contributed by atoms with Crippen LogP contribution in [-0.2, 0) is 6.16 Å². The van der Waals surface area contributed by atoms with Gasteiger partial charge in [-0.3, -0.25) is 0 Å². The fourth-order valence-electron chi connectivity index (χ4n) is 4.48. The molecule has 1 fully saturated rings. The summed E-state index contributed by atoms with van der Waals surface area (Å²) in [5, 5.41) is 7.11. The van der Waals surface area contributed by atoms with Crippen molar-refractivity contribution in [2.24, 2.45) is 0 Å². The number of benzene rings is 3. The first-order valence-corrected chi connectivity index (χ1v) is 14.7. The van der Waals surface area contributed by atoms with Gasteiger partial charge in [0.25, 0.3) is 0 Å². The summed E-state index contributed by atoms with van der Waals surface area (Å²) in [5.41, 5.74) is 1.12. The molecule has 1 aliphatic carbocycles. The van der Waals surface area contributed by atoms with Crippen molar-refractivity contribution in [3.63, 3.8) is 0 Å². The molecule has 1 nitrogen and oxygen atoms in total. The van der Waals surface area contributed by atoms with Crippen LogP contribution in [0.4, 0.5) is 0 Å². The first kappa shape index (κ1) is 19.9. The molecule has 1 heterocycles. The van der Waals surface area contributed by atoms with E-state index < -0.39 is 5.96 Å². The number of halogens is 1. The molecular weight excluding hydrogens is 425 g/mol. The van der Waals surface area contributed by atoms with Crippen molar-refractivity contribution in [1.82, 2.24) is 4.98 Å². The zero-order valence-electron chi connectivity index (χ0n) is 16.8. The van der Waals surface area contributed by atoms with Crippen molar-refractivity contribution in [2.45, 2.75) is 31.3 Å². The van der Waals surface area contributed by atoms with E-state index in [1.54, 1.807) is 0 Å². The molecule has 0 spiro atoms. The van der Waals surface area contributed by atoms with E-state index in [4.69, 9.17) is 16.2 Å². The van der Waals surface area contributed by atoms with Crippen molar-refractivity contribution in [3.8, 4) is 0 Å². The molecule has 4 heteroatoms. The summed E-state index contributed by atoms with van der Waals surface area (Å²) >= 11 is 9.95. The molecule has 0 aliphatic heterocycles. The first-order chi connectivity index (χ1) is 14.7. The number of thiazole rings is 1. The Labute approximate surface area is 187 Å². The Hall–Kier alpha value is -1.99. The van der Waals surface area contributed by atoms with Crippen molar-refractivity contribution in [2.75, 3.05) is 0 Å². The second kappa shape index (κ2) is 7.93. The summed E-state index contributed by atoms with van der Waals surface area (Å²) < 4.78 is 0. The maximum atomic E-state index is 8.14. The van der Waals surface area contributed by atoms with Gasteiger partial charge in [0, 0.05) is 0 Å². The van der Waals surface area contributed by atoms with Gasteiger partial charge in [-0.05, 0) is 0 Å². The van der Waals surface area contributed by atoms with E-state index in [0.717, 1.165) is 11.9 Å². The fraction of sp³-hybridized carbons (Fsp3) is 0.192. The summed E-state index contributed by atoms with van der Waals surface area (Å²) in [4.78, 5) is 5.11. The van der Waals surface area contributed by atoms with Crippen LogP contribution in [-0.4, -0.2) is 4.98 Å². The van der Waals surface area contributed by atoms with Crippen molar-refractivity contribution in [3.05, 3.63) is 107 Å². The van der Waals surface area contributed by atoms with Crippen molar-refractivity contribution >= 4 is 44.4 Å². The van der Waals surface area contributed by atoms with Gasteiger partial charge in [-0.1, -0.05) is 0 Å². The molecule has 5 rings (SSSR count). The standard InChI is InChI=1S/C26H25ClNPS/c27-29(23-13-4-1-5-14-23,24-15-6-2-7-16-24,25-17-8-3-9-18-25)19-22-20-30-26(28-22)21-11-10-12-21/h1-9,13-18,20-21H,10-12,19H2. The molecule has 3 aromatic carbocycles. The number of aromatic nitrogens is 1. The molecule has 1 saturated carbocycles. The van der Waals surface area contributed by atoms with Gasteiger partial charge in [-0.15, -0.1) is 0 Å². The van der Waals surface area contributed by atoms with Crippen LogP contribution in [0, 0.1) is 0 Å². The van der Waals surface area contributed by atoms with E-state index in [2.05, 4.69) is 96.4 Å². The Bertz CT molecular complexity index is 1020. The van der Waals surface area contributed by atoms with Gasteiger partial charge in [0.2, 0.25) is 0 Å². The minimum absolute atomic E-state index is 0.648. The summed E-state index contributed by atoms with van der Waals surface area (Å²) in [6.07, 6.45) is 4.60. The molecule has 1 aliphatic rings. The van der Waals surface area contributed by atoms with Crippen LogP contribution in [0.3, 0.4) is 0 Å². The summed E-state index contributed by atoms with van der Waals surface area (Å²) in [6.45, 7) is 0. The van der Waals surface area contributed by atoms with Crippen LogP contribution in [0.2, 0.25) is 0 Å². The Morgan fingerprint density at radius 3 is 1.63 bits per heavy atom. The molecule has 0 N–H and O–H groups in total. The van der Waals surface area contributed by atoms with Crippen LogP contribution >= 0.6 is 28.5 Å². The zero-order chi connectivity index (χ0) is 20.5. The van der Waals surface area contributed by atoms with Crippen molar-refractivity contribution < 1.29 is 0 Å². The third-order valence-electron chi connectivity index (χ3n) is 6.37. The molecule has 0 unspecified atom stereocenters. The van der Waals surface area contributed by atoms with E-state index in [1.807, 2.05) is 11.3 Å². The first-order valence-electron chi connectivity index (χ1n) is 10.5. The van der Waals surface area contributed by atoms with E-state index in [9.17, 15) is 0 Å². The number of rotatable bonds is 6. The monoisotopic (exact) mass is 449 g/mol. The van der Waals surface area contributed by atoms with Gasteiger partial charge < -0.3 is 0 Å². The molecule has 4 aromatic rings. The van der Waals surface area contributed by atoms with Gasteiger partial charge in [0.15, 0.2) is 0 Å². The predicted octanol–water partition coefficient (Wildman–Crippen LogP) is 6.59. The number of nitrogens with zero attached hydrogens (tertiary/aromatic N) is 1. The fourth-order valence-corrected chi connectivity index (χ4v) is 11.6. The summed E-state index contributed by atoms with van der Waals surface area (Å²) in [6, 6.07) is 32.0. The molecule has 30 heavy (non-hydrogen) atoms. The SMILES string of the molecule is ClP(Cc1csc(C2CCC2)n1)(c1ccccc1)(c1ccccc1)c1ccccc1. The molecular formula is C26H25ClNPS. The predicted molar refractivity (Wildman–Crippen MR) is 133 cm³/mol. The molecule has 0 amide bonds. The molecule has 0 saturated heterocycles. The normalized spacial score (nSPS) is 15.8. The van der Waals surface area contributed by atoms with Gasteiger partial charge in [0.1, 0.15) is 0 Å². The molecule has 0 atom stereocenters. The van der Waals surface area contributed by atoms with E-state index in [0.29, 0.717) is 5.92 Å². The van der Waals surface area contributed by atoms with Gasteiger partial charge >= 0.3 is 188 Å². The van der Waals surface area contributed by atoms with E-state index in [1.165, 1.54) is 40.2 Å². The number of hydrogen-bond donors (Lipinski definition) is 0. The van der Waals surface area contributed by atoms with Crippen LogP contribution in [0.5, 0.6) is 0 Å². The Morgan fingerprint density at radius 2 is 1.23 bits per heavy atom. The average Bonchev–Trinajstić information content (AvgIpc) is 3.21. The minimum atomic E-state index is -3.28. The third-order valence-corrected chi connectivity index (χ3v) is 14.6. The van der Waals surface area contributed by atoms with E-state index in [-0.39, 0.29) is 0 Å². The van der Waals surface area contributed by atoms with Crippen LogP contribution in [0.15, 0.2) is 96.4 Å². The van der Waals surface area contributed by atoms with Crippen LogP contribution in [0.1, 0.15) is 35.9 Å². The van der Waals surface area contributed by atoms with Gasteiger partial charge in [-0.2, -0.15) is 0 Å². The Morgan fingerprint density at radius 1 is 0.767 bits per heavy atom. The molecule has 152 valence electrons. The Balaban J connectivity index is 1.75. The maximum absolute atomic E-state index is 8.14. The summed E-state index contributed by atoms with van der Waals surface area (Å²) in [7, 11) is 0. The van der Waals surface area contributed by atoms with Gasteiger partial charge in [-0.25, -0.2) is 0 Å². The third kappa shape index (κ3) is 3.23. The Kier molecular flexibility index (Phi) is 5.27. The summed E-state index contributed by atoms with van der Waals surface area (Å²) in [5.74, 6) is -2.63.